The molecule has 0 amide bonds. The summed E-state index contributed by atoms with van der Waals surface area (Å²) in [5.74, 6) is 0. The molecule has 2 N–H and O–H groups in total. The van der Waals surface area contributed by atoms with Crippen molar-refractivity contribution >= 4 is 0 Å². The molecule has 0 aromatic rings. The monoisotopic (exact) mass is 272 g/mol. The maximum atomic E-state index is 9.71. The van der Waals surface area contributed by atoms with Gasteiger partial charge in [-0.2, -0.15) is 0 Å². The van der Waals surface area contributed by atoms with E-state index in [2.05, 4.69) is 51.9 Å². The Morgan fingerprint density at radius 3 is 2.26 bits per heavy atom. The minimum Gasteiger partial charge on any atom is -0.394 e. The van der Waals surface area contributed by atoms with Crippen molar-refractivity contribution in [1.29, 1.82) is 0 Å². The third-order valence-electron chi connectivity index (χ3n) is 4.20. The summed E-state index contributed by atoms with van der Waals surface area (Å²) in [6.07, 6.45) is 5.67. The number of hydrogen-bond acceptors (Lipinski definition) is 3. The van der Waals surface area contributed by atoms with E-state index in [0.717, 1.165) is 25.8 Å². The third kappa shape index (κ3) is 7.28. The number of hydrogen-bond donors (Lipinski definition) is 2. The zero-order valence-corrected chi connectivity index (χ0v) is 14.0. The zero-order chi connectivity index (χ0) is 14.9. The van der Waals surface area contributed by atoms with Crippen LogP contribution in [0.5, 0.6) is 0 Å². The van der Waals surface area contributed by atoms with E-state index >= 15 is 0 Å². The molecule has 116 valence electrons. The first-order chi connectivity index (χ1) is 8.90. The third-order valence-corrected chi connectivity index (χ3v) is 4.20. The van der Waals surface area contributed by atoms with Crippen LogP contribution in [0.2, 0.25) is 0 Å². The smallest absolute Gasteiger partial charge is 0.0613 e. The summed E-state index contributed by atoms with van der Waals surface area (Å²) in [4.78, 5) is 2.44. The van der Waals surface area contributed by atoms with Crippen LogP contribution in [-0.2, 0) is 0 Å². The molecule has 0 aromatic heterocycles. The van der Waals surface area contributed by atoms with Crippen LogP contribution in [-0.4, -0.2) is 47.8 Å². The number of nitrogens with one attached hydrogen (secondary N) is 1. The quantitative estimate of drug-likeness (QED) is 0.607. The maximum absolute atomic E-state index is 9.71. The van der Waals surface area contributed by atoms with E-state index in [4.69, 9.17) is 0 Å². The summed E-state index contributed by atoms with van der Waals surface area (Å²) in [7, 11) is 2.21. The number of aliphatic hydroxyl groups excluding tert-OH is 1. The maximum Gasteiger partial charge on any atom is 0.0613 e. The average molecular weight is 272 g/mol. The first-order valence-corrected chi connectivity index (χ1v) is 7.99. The molecule has 0 bridgehead atoms. The van der Waals surface area contributed by atoms with Gasteiger partial charge in [-0.1, -0.05) is 34.1 Å². The van der Waals surface area contributed by atoms with Gasteiger partial charge in [0.1, 0.15) is 0 Å². The molecule has 2 unspecified atom stereocenters. The normalized spacial score (nSPS) is 16.9. The first-order valence-electron chi connectivity index (χ1n) is 7.99. The van der Waals surface area contributed by atoms with E-state index in [1.165, 1.54) is 12.8 Å². The lowest BCUT2D eigenvalue weighted by Gasteiger charge is -2.35. The van der Waals surface area contributed by atoms with Crippen LogP contribution in [0.15, 0.2) is 0 Å². The minimum atomic E-state index is -0.0942. The molecule has 0 aliphatic heterocycles. The molecular formula is C16H36N2O. The van der Waals surface area contributed by atoms with Gasteiger partial charge in [-0.05, 0) is 46.2 Å². The molecule has 0 fully saturated rings. The standard InChI is InChI=1S/C16H36N2O/c1-7-10-15(5)18(6)12-9-11-16(8-2,13-19)17-14(3)4/h14-15,17,19H,7-13H2,1-6H3. The molecule has 3 nitrogen and oxygen atoms in total. The van der Waals surface area contributed by atoms with Crippen LogP contribution < -0.4 is 5.32 Å². The fourth-order valence-electron chi connectivity index (χ4n) is 2.73. The molecule has 0 aliphatic carbocycles. The van der Waals surface area contributed by atoms with Gasteiger partial charge in [0.05, 0.1) is 6.61 Å². The van der Waals surface area contributed by atoms with E-state index in [-0.39, 0.29) is 12.1 Å². The van der Waals surface area contributed by atoms with Gasteiger partial charge in [0.15, 0.2) is 0 Å². The van der Waals surface area contributed by atoms with E-state index in [0.29, 0.717) is 12.1 Å². The fourth-order valence-corrected chi connectivity index (χ4v) is 2.73. The summed E-state index contributed by atoms with van der Waals surface area (Å²) in [5.41, 5.74) is -0.0942. The molecule has 0 spiro atoms. The lowest BCUT2D eigenvalue weighted by atomic mass is 9.90. The van der Waals surface area contributed by atoms with Crippen molar-refractivity contribution in [2.75, 3.05) is 20.2 Å². The molecule has 0 aromatic carbocycles. The fraction of sp³-hybridized carbons (Fsp3) is 1.00. The van der Waals surface area contributed by atoms with Gasteiger partial charge < -0.3 is 15.3 Å². The molecule has 0 radical (unpaired) electrons. The molecule has 19 heavy (non-hydrogen) atoms. The molecular weight excluding hydrogens is 236 g/mol. The average Bonchev–Trinajstić information content (AvgIpc) is 2.37. The number of aliphatic hydroxyl groups is 1. The van der Waals surface area contributed by atoms with E-state index in [9.17, 15) is 5.11 Å². The molecule has 0 saturated heterocycles. The van der Waals surface area contributed by atoms with Gasteiger partial charge >= 0.3 is 0 Å². The van der Waals surface area contributed by atoms with Gasteiger partial charge in [0, 0.05) is 17.6 Å². The minimum absolute atomic E-state index is 0.0942. The van der Waals surface area contributed by atoms with Crippen LogP contribution in [0, 0.1) is 0 Å². The van der Waals surface area contributed by atoms with Crippen LogP contribution in [0.4, 0.5) is 0 Å². The summed E-state index contributed by atoms with van der Waals surface area (Å²) in [6.45, 7) is 12.3. The SMILES string of the molecule is CCCC(C)N(C)CCCC(CC)(CO)NC(C)C. The highest BCUT2D eigenvalue weighted by atomic mass is 16.3. The van der Waals surface area contributed by atoms with Gasteiger partial charge in [0.25, 0.3) is 0 Å². The summed E-state index contributed by atoms with van der Waals surface area (Å²) in [5, 5.41) is 13.3. The molecule has 0 heterocycles. The Morgan fingerprint density at radius 2 is 1.84 bits per heavy atom. The molecule has 3 heteroatoms. The van der Waals surface area contributed by atoms with Crippen LogP contribution >= 0.6 is 0 Å². The Bertz CT molecular complexity index is 215. The van der Waals surface area contributed by atoms with Crippen molar-refractivity contribution < 1.29 is 5.11 Å². The van der Waals surface area contributed by atoms with Crippen LogP contribution in [0.3, 0.4) is 0 Å². The van der Waals surface area contributed by atoms with Crippen molar-refractivity contribution in [3.05, 3.63) is 0 Å². The lowest BCUT2D eigenvalue weighted by molar-refractivity contribution is 0.128. The van der Waals surface area contributed by atoms with Gasteiger partial charge in [-0.15, -0.1) is 0 Å². The highest BCUT2D eigenvalue weighted by Crippen LogP contribution is 2.19. The second-order valence-electron chi connectivity index (χ2n) is 6.31. The van der Waals surface area contributed by atoms with Crippen LogP contribution in [0.25, 0.3) is 0 Å². The van der Waals surface area contributed by atoms with Gasteiger partial charge in [-0.3, -0.25) is 0 Å². The topological polar surface area (TPSA) is 35.5 Å². The molecule has 0 rings (SSSR count). The van der Waals surface area contributed by atoms with Crippen molar-refractivity contribution in [2.45, 2.75) is 84.3 Å². The molecule has 0 saturated carbocycles. The zero-order valence-electron chi connectivity index (χ0n) is 14.0. The Balaban J connectivity index is 4.19. The summed E-state index contributed by atoms with van der Waals surface area (Å²) < 4.78 is 0. The Hall–Kier alpha value is -0.120. The predicted octanol–water partition coefficient (Wildman–Crippen LogP) is 3.03. The van der Waals surface area contributed by atoms with E-state index < -0.39 is 0 Å². The highest BCUT2D eigenvalue weighted by molar-refractivity contribution is 4.87. The summed E-state index contributed by atoms with van der Waals surface area (Å²) >= 11 is 0. The van der Waals surface area contributed by atoms with Gasteiger partial charge in [0.2, 0.25) is 0 Å². The van der Waals surface area contributed by atoms with E-state index in [1.54, 1.807) is 0 Å². The summed E-state index contributed by atoms with van der Waals surface area (Å²) in [6, 6.07) is 1.08. The molecule has 2 atom stereocenters. The lowest BCUT2D eigenvalue weighted by Crippen LogP contribution is -2.51. The van der Waals surface area contributed by atoms with Gasteiger partial charge in [-0.25, -0.2) is 0 Å². The Labute approximate surface area is 120 Å². The first kappa shape index (κ1) is 18.9. The van der Waals surface area contributed by atoms with Crippen molar-refractivity contribution in [2.24, 2.45) is 0 Å². The van der Waals surface area contributed by atoms with Crippen molar-refractivity contribution in [1.82, 2.24) is 10.2 Å². The second kappa shape index (κ2) is 9.73. The van der Waals surface area contributed by atoms with Crippen LogP contribution in [0.1, 0.15) is 66.7 Å². The Kier molecular flexibility index (Phi) is 9.67. The largest absolute Gasteiger partial charge is 0.394 e. The van der Waals surface area contributed by atoms with Crippen molar-refractivity contribution in [3.63, 3.8) is 0 Å². The van der Waals surface area contributed by atoms with Crippen molar-refractivity contribution in [3.8, 4) is 0 Å². The number of nitrogens with zero attached hydrogens (tertiary/aromatic N) is 1. The predicted molar refractivity (Wildman–Crippen MR) is 84.6 cm³/mol. The Morgan fingerprint density at radius 1 is 1.21 bits per heavy atom. The van der Waals surface area contributed by atoms with E-state index in [1.807, 2.05) is 0 Å². The second-order valence-corrected chi connectivity index (χ2v) is 6.31. The highest BCUT2D eigenvalue weighted by Gasteiger charge is 2.27. The number of rotatable bonds is 11. The molecule has 0 aliphatic rings.